The third-order valence-electron chi connectivity index (χ3n) is 3.85. The summed E-state index contributed by atoms with van der Waals surface area (Å²) in [5, 5.41) is 14.9. The summed E-state index contributed by atoms with van der Waals surface area (Å²) in [6, 6.07) is 10.4. The normalized spacial score (nSPS) is 10.6. The Bertz CT molecular complexity index is 876. The van der Waals surface area contributed by atoms with Crippen LogP contribution in [-0.4, -0.2) is 21.7 Å². The highest BCUT2D eigenvalue weighted by molar-refractivity contribution is 6.33. The van der Waals surface area contributed by atoms with Gasteiger partial charge in [0.2, 0.25) is 5.95 Å². The molecule has 0 bridgehead atoms. The van der Waals surface area contributed by atoms with Gasteiger partial charge in [-0.3, -0.25) is 0 Å². The van der Waals surface area contributed by atoms with Crippen molar-refractivity contribution in [3.63, 3.8) is 0 Å². The van der Waals surface area contributed by atoms with Crippen molar-refractivity contribution in [1.82, 2.24) is 15.2 Å². The molecule has 0 unspecified atom stereocenters. The topological polar surface area (TPSA) is 62.7 Å². The zero-order valence-corrected chi connectivity index (χ0v) is 15.3. The second-order valence-electron chi connectivity index (χ2n) is 6.03. The fourth-order valence-electron chi connectivity index (χ4n) is 2.61. The first kappa shape index (κ1) is 18.1. The molecule has 0 aliphatic rings. The second kappa shape index (κ2) is 8.10. The molecule has 2 aromatic carbocycles. The van der Waals surface area contributed by atoms with Crippen LogP contribution in [0.15, 0.2) is 42.6 Å². The van der Waals surface area contributed by atoms with Crippen molar-refractivity contribution in [1.29, 1.82) is 0 Å². The van der Waals surface area contributed by atoms with E-state index in [1.807, 2.05) is 26.0 Å². The summed E-state index contributed by atoms with van der Waals surface area (Å²) < 4.78 is 12.9. The number of anilines is 3. The van der Waals surface area contributed by atoms with Crippen LogP contribution in [0.4, 0.5) is 21.8 Å². The van der Waals surface area contributed by atoms with Crippen molar-refractivity contribution in [3.8, 4) is 0 Å². The number of halogens is 2. The SMILES string of the molecule is Cc1cc(C)c(Nc2cnnc(NCCc3ccc(F)cc3)n2)c(Cl)c1. The fourth-order valence-corrected chi connectivity index (χ4v) is 2.98. The molecule has 0 spiro atoms. The standard InChI is InChI=1S/C19H19ClFN5/c1-12-9-13(2)18(16(20)10-12)24-17-11-23-26-19(25-17)22-8-7-14-3-5-15(21)6-4-14/h3-6,9-11H,7-8H2,1-2H3,(H2,22,24,25,26). The van der Waals surface area contributed by atoms with Crippen molar-refractivity contribution < 1.29 is 4.39 Å². The summed E-state index contributed by atoms with van der Waals surface area (Å²) in [5.74, 6) is 0.731. The van der Waals surface area contributed by atoms with Gasteiger partial charge in [-0.25, -0.2) is 4.39 Å². The second-order valence-corrected chi connectivity index (χ2v) is 6.44. The van der Waals surface area contributed by atoms with Gasteiger partial charge in [0.15, 0.2) is 5.82 Å². The van der Waals surface area contributed by atoms with E-state index in [2.05, 4.69) is 25.8 Å². The molecular weight excluding hydrogens is 353 g/mol. The Morgan fingerprint density at radius 3 is 2.62 bits per heavy atom. The molecule has 0 aliphatic carbocycles. The summed E-state index contributed by atoms with van der Waals surface area (Å²) in [7, 11) is 0. The van der Waals surface area contributed by atoms with Crippen LogP contribution in [0.1, 0.15) is 16.7 Å². The van der Waals surface area contributed by atoms with Crippen molar-refractivity contribution >= 4 is 29.1 Å². The van der Waals surface area contributed by atoms with Gasteiger partial charge in [-0.2, -0.15) is 10.1 Å². The predicted molar refractivity (Wildman–Crippen MR) is 103 cm³/mol. The average molecular weight is 372 g/mol. The van der Waals surface area contributed by atoms with E-state index in [0.717, 1.165) is 28.8 Å². The molecule has 5 nitrogen and oxygen atoms in total. The third-order valence-corrected chi connectivity index (χ3v) is 4.15. The van der Waals surface area contributed by atoms with E-state index in [9.17, 15) is 4.39 Å². The zero-order valence-electron chi connectivity index (χ0n) is 14.6. The molecule has 0 atom stereocenters. The molecule has 7 heteroatoms. The average Bonchev–Trinajstić information content (AvgIpc) is 2.60. The summed E-state index contributed by atoms with van der Waals surface area (Å²) in [5.41, 5.74) is 3.96. The maximum Gasteiger partial charge on any atom is 0.244 e. The molecule has 0 radical (unpaired) electrons. The summed E-state index contributed by atoms with van der Waals surface area (Å²) in [4.78, 5) is 4.40. The minimum atomic E-state index is -0.238. The number of rotatable bonds is 6. The lowest BCUT2D eigenvalue weighted by atomic mass is 10.1. The molecule has 0 amide bonds. The molecule has 2 N–H and O–H groups in total. The molecule has 0 saturated heterocycles. The molecule has 1 heterocycles. The highest BCUT2D eigenvalue weighted by Crippen LogP contribution is 2.29. The van der Waals surface area contributed by atoms with Crippen molar-refractivity contribution in [2.45, 2.75) is 20.3 Å². The highest BCUT2D eigenvalue weighted by atomic mass is 35.5. The fraction of sp³-hybridized carbons (Fsp3) is 0.211. The number of nitrogens with zero attached hydrogens (tertiary/aromatic N) is 3. The minimum absolute atomic E-state index is 0.238. The van der Waals surface area contributed by atoms with Gasteiger partial charge >= 0.3 is 0 Å². The summed E-state index contributed by atoms with van der Waals surface area (Å²) in [6.45, 7) is 4.59. The minimum Gasteiger partial charge on any atom is -0.353 e. The molecule has 0 fully saturated rings. The van der Waals surface area contributed by atoms with Crippen LogP contribution in [0.5, 0.6) is 0 Å². The molecule has 3 rings (SSSR count). The first-order valence-corrected chi connectivity index (χ1v) is 8.61. The maximum absolute atomic E-state index is 12.9. The van der Waals surface area contributed by atoms with Gasteiger partial charge in [-0.1, -0.05) is 29.8 Å². The van der Waals surface area contributed by atoms with E-state index >= 15 is 0 Å². The zero-order chi connectivity index (χ0) is 18.5. The van der Waals surface area contributed by atoms with Crippen LogP contribution in [0.3, 0.4) is 0 Å². The largest absolute Gasteiger partial charge is 0.353 e. The van der Waals surface area contributed by atoms with Gasteiger partial charge in [0.05, 0.1) is 16.9 Å². The lowest BCUT2D eigenvalue weighted by Gasteiger charge is -2.12. The van der Waals surface area contributed by atoms with E-state index < -0.39 is 0 Å². The van der Waals surface area contributed by atoms with Gasteiger partial charge < -0.3 is 10.6 Å². The Balaban J connectivity index is 1.64. The molecule has 3 aromatic rings. The van der Waals surface area contributed by atoms with Crippen molar-refractivity contribution in [2.75, 3.05) is 17.2 Å². The van der Waals surface area contributed by atoms with E-state index in [-0.39, 0.29) is 5.82 Å². The van der Waals surface area contributed by atoms with E-state index in [0.29, 0.717) is 23.3 Å². The van der Waals surface area contributed by atoms with Gasteiger partial charge in [0.1, 0.15) is 5.82 Å². The number of aromatic nitrogens is 3. The molecule has 0 saturated carbocycles. The predicted octanol–water partition coefficient (Wildman–Crippen LogP) is 4.68. The first-order chi connectivity index (χ1) is 12.5. The Morgan fingerprint density at radius 2 is 1.88 bits per heavy atom. The number of aryl methyl sites for hydroxylation is 2. The quantitative estimate of drug-likeness (QED) is 0.658. The molecule has 0 aliphatic heterocycles. The van der Waals surface area contributed by atoms with Crippen LogP contribution in [0.2, 0.25) is 5.02 Å². The van der Waals surface area contributed by atoms with E-state index in [1.54, 1.807) is 18.3 Å². The van der Waals surface area contributed by atoms with Crippen LogP contribution < -0.4 is 10.6 Å². The number of nitrogens with one attached hydrogen (secondary N) is 2. The van der Waals surface area contributed by atoms with Crippen LogP contribution in [0.25, 0.3) is 0 Å². The lowest BCUT2D eigenvalue weighted by molar-refractivity contribution is 0.627. The van der Waals surface area contributed by atoms with Gasteiger partial charge in [-0.15, -0.1) is 5.10 Å². The van der Waals surface area contributed by atoms with E-state index in [1.165, 1.54) is 12.1 Å². The number of hydrogen-bond acceptors (Lipinski definition) is 5. The van der Waals surface area contributed by atoms with Crippen LogP contribution >= 0.6 is 11.6 Å². The molecule has 26 heavy (non-hydrogen) atoms. The Kier molecular flexibility index (Phi) is 5.63. The smallest absolute Gasteiger partial charge is 0.244 e. The maximum atomic E-state index is 12.9. The Morgan fingerprint density at radius 1 is 1.12 bits per heavy atom. The van der Waals surface area contributed by atoms with Crippen LogP contribution in [-0.2, 0) is 6.42 Å². The lowest BCUT2D eigenvalue weighted by Crippen LogP contribution is -2.10. The van der Waals surface area contributed by atoms with Crippen molar-refractivity contribution in [2.24, 2.45) is 0 Å². The molecule has 134 valence electrons. The van der Waals surface area contributed by atoms with Gasteiger partial charge in [0.25, 0.3) is 0 Å². The Hall–Kier alpha value is -2.73. The van der Waals surface area contributed by atoms with Gasteiger partial charge in [0, 0.05) is 6.54 Å². The van der Waals surface area contributed by atoms with Crippen molar-refractivity contribution in [3.05, 3.63) is 70.1 Å². The van der Waals surface area contributed by atoms with E-state index in [4.69, 9.17) is 11.6 Å². The summed E-state index contributed by atoms with van der Waals surface area (Å²) >= 11 is 6.32. The summed E-state index contributed by atoms with van der Waals surface area (Å²) in [6.07, 6.45) is 2.27. The molecule has 1 aromatic heterocycles. The van der Waals surface area contributed by atoms with Crippen LogP contribution in [0, 0.1) is 19.7 Å². The number of benzene rings is 2. The van der Waals surface area contributed by atoms with Gasteiger partial charge in [-0.05, 0) is 55.2 Å². The highest BCUT2D eigenvalue weighted by Gasteiger charge is 2.08. The monoisotopic (exact) mass is 371 g/mol. The third kappa shape index (κ3) is 4.67. The first-order valence-electron chi connectivity index (χ1n) is 8.23. The Labute approximate surface area is 156 Å². The number of hydrogen-bond donors (Lipinski definition) is 2. The molecular formula is C19H19ClFN5.